The molecule has 1 saturated heterocycles. The van der Waals surface area contributed by atoms with E-state index in [4.69, 9.17) is 4.74 Å². The molecule has 1 aliphatic heterocycles. The summed E-state index contributed by atoms with van der Waals surface area (Å²) in [6, 6.07) is 19.7. The third-order valence-electron chi connectivity index (χ3n) is 4.93. The molecule has 0 spiro atoms. The second kappa shape index (κ2) is 10.9. The Morgan fingerprint density at radius 2 is 1.65 bits per heavy atom. The normalized spacial score (nSPS) is 14.6. The number of thioether (sulfide) groups is 1. The molecule has 0 unspecified atom stereocenters. The van der Waals surface area contributed by atoms with Gasteiger partial charge in [0.1, 0.15) is 12.4 Å². The second-order valence-corrected chi connectivity index (χ2v) is 10.6. The maximum Gasteiger partial charge on any atom is 0.293 e. The van der Waals surface area contributed by atoms with Crippen LogP contribution in [-0.2, 0) is 17.9 Å². The first-order valence-corrected chi connectivity index (χ1v) is 12.9. The van der Waals surface area contributed by atoms with Crippen molar-refractivity contribution in [3.05, 3.63) is 106 Å². The third kappa shape index (κ3) is 5.61. The number of hydrogen-bond acceptors (Lipinski definition) is 6. The van der Waals surface area contributed by atoms with Crippen molar-refractivity contribution in [2.24, 2.45) is 0 Å². The molecule has 0 atom stereocenters. The highest BCUT2D eigenvalue weighted by Crippen LogP contribution is 2.36. The fourth-order valence-corrected chi connectivity index (χ4v) is 6.28. The Morgan fingerprint density at radius 1 is 1.00 bits per heavy atom. The molecule has 3 aromatic carbocycles. The Labute approximate surface area is 227 Å². The summed E-state index contributed by atoms with van der Waals surface area (Å²) >= 11 is 5.20. The number of para-hydroxylation sites is 1. The summed E-state index contributed by atoms with van der Waals surface area (Å²) < 4.78 is 7.77. The summed E-state index contributed by atoms with van der Waals surface area (Å²) in [7, 11) is 0. The van der Waals surface area contributed by atoms with Crippen LogP contribution in [0.1, 0.15) is 16.7 Å². The average Bonchev–Trinajstić information content (AvgIpc) is 3.06. The highest BCUT2D eigenvalue weighted by atomic mass is 127. The first-order chi connectivity index (χ1) is 16.3. The van der Waals surface area contributed by atoms with Crippen molar-refractivity contribution in [2.45, 2.75) is 13.2 Å². The van der Waals surface area contributed by atoms with Crippen LogP contribution in [-0.4, -0.2) is 21.0 Å². The van der Waals surface area contributed by atoms with E-state index in [0.717, 1.165) is 40.7 Å². The van der Waals surface area contributed by atoms with Crippen LogP contribution in [0.3, 0.4) is 0 Å². The zero-order valence-corrected chi connectivity index (χ0v) is 22.6. The van der Waals surface area contributed by atoms with Gasteiger partial charge in [-0.15, -0.1) is 0 Å². The van der Waals surface area contributed by atoms with Crippen molar-refractivity contribution in [1.29, 1.82) is 0 Å². The molecule has 7 nitrogen and oxygen atoms in total. The minimum Gasteiger partial charge on any atom is -0.487 e. The number of ether oxygens (including phenoxy) is 1. The van der Waals surface area contributed by atoms with Gasteiger partial charge < -0.3 is 4.74 Å². The van der Waals surface area contributed by atoms with Gasteiger partial charge in [0, 0.05) is 11.6 Å². The maximum absolute atomic E-state index is 12.9. The number of hydrogen-bond donors (Lipinski definition) is 0. The molecule has 0 radical (unpaired) electrons. The summed E-state index contributed by atoms with van der Waals surface area (Å²) in [4.78, 5) is 37.5. The summed E-state index contributed by atoms with van der Waals surface area (Å²) in [5.74, 6) is 0.286. The number of carbonyl (C=O) groups is 2. The van der Waals surface area contributed by atoms with Gasteiger partial charge in [-0.05, 0) is 86.3 Å². The largest absolute Gasteiger partial charge is 0.487 e. The summed E-state index contributed by atoms with van der Waals surface area (Å²) in [6.45, 7) is 0.289. The molecular weight excluding hydrogens is 682 g/mol. The van der Waals surface area contributed by atoms with E-state index in [-0.39, 0.29) is 17.1 Å². The van der Waals surface area contributed by atoms with E-state index in [0.29, 0.717) is 12.2 Å². The number of rotatable bonds is 7. The van der Waals surface area contributed by atoms with Crippen molar-refractivity contribution in [3.8, 4) is 5.75 Å². The van der Waals surface area contributed by atoms with Crippen LogP contribution in [0, 0.1) is 17.3 Å². The lowest BCUT2D eigenvalue weighted by molar-refractivity contribution is -0.385. The standard InChI is InChI=1S/C24H16I2N2O5S/c25-18-10-16(11-19(26)22(18)33-14-15-6-2-1-3-7-15)12-21-23(29)27(24(30)34-21)13-17-8-4-5-9-20(17)28(31)32/h1-12H,13-14H2/b21-12-. The number of imide groups is 1. The van der Waals surface area contributed by atoms with Gasteiger partial charge in [-0.25, -0.2) is 0 Å². The molecule has 0 bridgehead atoms. The molecule has 3 aromatic rings. The zero-order valence-electron chi connectivity index (χ0n) is 17.4. The van der Waals surface area contributed by atoms with Gasteiger partial charge in [0.25, 0.3) is 16.8 Å². The molecule has 4 rings (SSSR count). The van der Waals surface area contributed by atoms with Gasteiger partial charge in [0.15, 0.2) is 0 Å². The molecule has 0 saturated carbocycles. The highest BCUT2D eigenvalue weighted by molar-refractivity contribution is 14.1. The van der Waals surface area contributed by atoms with E-state index < -0.39 is 16.1 Å². The molecule has 1 aliphatic rings. The molecule has 1 heterocycles. The van der Waals surface area contributed by atoms with Gasteiger partial charge in [-0.2, -0.15) is 0 Å². The number of carbonyl (C=O) groups excluding carboxylic acids is 2. The van der Waals surface area contributed by atoms with E-state index in [1.54, 1.807) is 24.3 Å². The predicted molar refractivity (Wildman–Crippen MR) is 147 cm³/mol. The Kier molecular flexibility index (Phi) is 7.88. The van der Waals surface area contributed by atoms with Gasteiger partial charge >= 0.3 is 0 Å². The van der Waals surface area contributed by atoms with Crippen LogP contribution in [0.25, 0.3) is 6.08 Å². The van der Waals surface area contributed by atoms with Crippen molar-refractivity contribution >= 4 is 79.9 Å². The lowest BCUT2D eigenvalue weighted by atomic mass is 10.1. The molecular formula is C24H16I2N2O5S. The predicted octanol–water partition coefficient (Wildman–Crippen LogP) is 6.62. The molecule has 2 amide bonds. The Bertz CT molecular complexity index is 1290. The highest BCUT2D eigenvalue weighted by Gasteiger charge is 2.36. The van der Waals surface area contributed by atoms with E-state index in [9.17, 15) is 19.7 Å². The molecule has 34 heavy (non-hydrogen) atoms. The number of halogens is 2. The van der Waals surface area contributed by atoms with Crippen molar-refractivity contribution < 1.29 is 19.2 Å². The van der Waals surface area contributed by atoms with Crippen LogP contribution >= 0.6 is 56.9 Å². The average molecular weight is 698 g/mol. The quantitative estimate of drug-likeness (QED) is 0.119. The lowest BCUT2D eigenvalue weighted by Gasteiger charge is -2.13. The Morgan fingerprint density at radius 3 is 2.32 bits per heavy atom. The van der Waals surface area contributed by atoms with Crippen LogP contribution in [0.5, 0.6) is 5.75 Å². The first-order valence-electron chi connectivity index (χ1n) is 9.97. The van der Waals surface area contributed by atoms with Gasteiger partial charge in [0.2, 0.25) is 0 Å². The van der Waals surface area contributed by atoms with Gasteiger partial charge in [-0.3, -0.25) is 24.6 Å². The second-order valence-electron chi connectivity index (χ2n) is 7.24. The number of nitro benzene ring substituents is 1. The number of amides is 2. The molecule has 0 N–H and O–H groups in total. The van der Waals surface area contributed by atoms with Gasteiger partial charge in [0.05, 0.1) is 23.5 Å². The van der Waals surface area contributed by atoms with Crippen LogP contribution in [0.4, 0.5) is 10.5 Å². The summed E-state index contributed by atoms with van der Waals surface area (Å²) in [6.07, 6.45) is 1.66. The van der Waals surface area contributed by atoms with Crippen molar-refractivity contribution in [1.82, 2.24) is 4.90 Å². The monoisotopic (exact) mass is 698 g/mol. The lowest BCUT2D eigenvalue weighted by Crippen LogP contribution is -2.27. The zero-order chi connectivity index (χ0) is 24.2. The third-order valence-corrected chi connectivity index (χ3v) is 7.44. The number of nitro groups is 1. The smallest absolute Gasteiger partial charge is 0.293 e. The Hall–Kier alpha value is -2.45. The number of benzene rings is 3. The summed E-state index contributed by atoms with van der Waals surface area (Å²) in [5.41, 5.74) is 2.00. The Balaban J connectivity index is 1.52. The maximum atomic E-state index is 12.9. The van der Waals surface area contributed by atoms with E-state index >= 15 is 0 Å². The molecule has 172 valence electrons. The minimum atomic E-state index is -0.518. The number of nitrogens with zero attached hydrogens (tertiary/aromatic N) is 2. The van der Waals surface area contributed by atoms with Crippen molar-refractivity contribution in [3.63, 3.8) is 0 Å². The fourth-order valence-electron chi connectivity index (χ4n) is 3.31. The molecule has 0 aliphatic carbocycles. The van der Waals surface area contributed by atoms with Crippen LogP contribution < -0.4 is 4.74 Å². The van der Waals surface area contributed by atoms with Crippen molar-refractivity contribution in [2.75, 3.05) is 0 Å². The first kappa shape index (κ1) is 24.7. The minimum absolute atomic E-state index is 0.124. The topological polar surface area (TPSA) is 89.8 Å². The molecule has 10 heteroatoms. The van der Waals surface area contributed by atoms with Crippen LogP contribution in [0.2, 0.25) is 0 Å². The summed E-state index contributed by atoms with van der Waals surface area (Å²) in [5, 5.41) is 10.8. The molecule has 1 fully saturated rings. The van der Waals surface area contributed by atoms with E-state index in [1.165, 1.54) is 6.07 Å². The fraction of sp³-hybridized carbons (Fsp3) is 0.0833. The SMILES string of the molecule is O=C1S/C(=C\c2cc(I)c(OCc3ccccc3)c(I)c2)C(=O)N1Cc1ccccc1[N+](=O)[O-]. The van der Waals surface area contributed by atoms with E-state index in [2.05, 4.69) is 45.2 Å². The van der Waals surface area contributed by atoms with E-state index in [1.807, 2.05) is 42.5 Å². The van der Waals surface area contributed by atoms with Crippen LogP contribution in [0.15, 0.2) is 71.6 Å². The molecule has 0 aromatic heterocycles. The van der Waals surface area contributed by atoms with Gasteiger partial charge in [-0.1, -0.05) is 48.5 Å².